The fraction of sp³-hybridized carbons (Fsp3) is 0.267. The number of rotatable bonds is 7. The van der Waals surface area contributed by atoms with Gasteiger partial charge in [0.15, 0.2) is 5.78 Å². The average Bonchev–Trinajstić information content (AvgIpc) is 3.00. The zero-order valence-electron chi connectivity index (χ0n) is 11.0. The Morgan fingerprint density at radius 2 is 2.10 bits per heavy atom. The van der Waals surface area contributed by atoms with Crippen molar-refractivity contribution in [2.24, 2.45) is 0 Å². The van der Waals surface area contributed by atoms with E-state index in [4.69, 9.17) is 0 Å². The summed E-state index contributed by atoms with van der Waals surface area (Å²) in [6.45, 7) is 0.478. The van der Waals surface area contributed by atoms with Crippen LogP contribution in [0.3, 0.4) is 0 Å². The van der Waals surface area contributed by atoms with Crippen molar-refractivity contribution >= 4 is 23.0 Å². The van der Waals surface area contributed by atoms with Crippen molar-refractivity contribution in [2.75, 3.05) is 0 Å². The number of carbonyl (C=O) groups is 2. The first-order chi connectivity index (χ1) is 9.75. The molecule has 0 saturated carbocycles. The summed E-state index contributed by atoms with van der Waals surface area (Å²) in [5.41, 5.74) is 0.968. The van der Waals surface area contributed by atoms with E-state index in [0.717, 1.165) is 10.4 Å². The molecule has 0 saturated heterocycles. The van der Waals surface area contributed by atoms with Gasteiger partial charge in [0.1, 0.15) is 0 Å². The maximum Gasteiger partial charge on any atom is 0.220 e. The lowest BCUT2D eigenvalue weighted by Crippen LogP contribution is -2.22. The van der Waals surface area contributed by atoms with Crippen LogP contribution in [0.4, 0.5) is 0 Å². The highest BCUT2D eigenvalue weighted by atomic mass is 32.1. The molecule has 0 radical (unpaired) electrons. The number of ketones is 1. The first-order valence-electron chi connectivity index (χ1n) is 6.48. The summed E-state index contributed by atoms with van der Waals surface area (Å²) in [5.74, 6) is 0.0768. The van der Waals surface area contributed by atoms with Gasteiger partial charge in [-0.3, -0.25) is 14.6 Å². The Labute approximate surface area is 121 Å². The van der Waals surface area contributed by atoms with Crippen molar-refractivity contribution in [3.05, 3.63) is 52.5 Å². The van der Waals surface area contributed by atoms with Crippen molar-refractivity contribution in [3.63, 3.8) is 0 Å². The van der Waals surface area contributed by atoms with Crippen LogP contribution in [0, 0.1) is 0 Å². The van der Waals surface area contributed by atoms with E-state index in [2.05, 4.69) is 10.3 Å². The van der Waals surface area contributed by atoms with Gasteiger partial charge in [-0.05, 0) is 29.5 Å². The number of amides is 1. The Bertz CT molecular complexity index is 553. The standard InChI is InChI=1S/C15H16N2O2S/c18-13(14-6-3-9-20-14)5-1-7-15(19)17-11-12-4-2-8-16-10-12/h2-4,6,8-10H,1,5,7,11H2,(H,17,19). The zero-order valence-corrected chi connectivity index (χ0v) is 11.9. The van der Waals surface area contributed by atoms with Gasteiger partial charge in [0.2, 0.25) is 5.91 Å². The van der Waals surface area contributed by atoms with Gasteiger partial charge in [-0.2, -0.15) is 0 Å². The van der Waals surface area contributed by atoms with Crippen molar-refractivity contribution in [3.8, 4) is 0 Å². The van der Waals surface area contributed by atoms with Crippen LogP contribution in [0.25, 0.3) is 0 Å². The minimum Gasteiger partial charge on any atom is -0.352 e. The monoisotopic (exact) mass is 288 g/mol. The normalized spacial score (nSPS) is 10.2. The molecule has 1 N–H and O–H groups in total. The molecule has 0 spiro atoms. The van der Waals surface area contributed by atoms with E-state index in [-0.39, 0.29) is 11.7 Å². The van der Waals surface area contributed by atoms with Crippen LogP contribution in [-0.4, -0.2) is 16.7 Å². The molecule has 0 atom stereocenters. The van der Waals surface area contributed by atoms with Crippen molar-refractivity contribution in [1.29, 1.82) is 0 Å². The minimum absolute atomic E-state index is 0.0344. The molecule has 0 aliphatic heterocycles. The largest absolute Gasteiger partial charge is 0.352 e. The molecule has 0 aliphatic rings. The van der Waals surface area contributed by atoms with E-state index < -0.39 is 0 Å². The Kier molecular flexibility index (Phi) is 5.43. The molecule has 2 aromatic heterocycles. The van der Waals surface area contributed by atoms with E-state index in [0.29, 0.717) is 25.8 Å². The van der Waals surface area contributed by atoms with Crippen LogP contribution < -0.4 is 5.32 Å². The third-order valence-electron chi connectivity index (χ3n) is 2.82. The van der Waals surface area contributed by atoms with Crippen molar-refractivity contribution < 1.29 is 9.59 Å². The molecule has 2 aromatic rings. The SMILES string of the molecule is O=C(CCCC(=O)c1cccs1)NCc1cccnc1. The number of pyridine rings is 1. The topological polar surface area (TPSA) is 59.1 Å². The fourth-order valence-corrected chi connectivity index (χ4v) is 2.46. The summed E-state index contributed by atoms with van der Waals surface area (Å²) in [5, 5.41) is 4.70. The molecule has 104 valence electrons. The van der Waals surface area contributed by atoms with Gasteiger partial charge < -0.3 is 5.32 Å². The molecule has 20 heavy (non-hydrogen) atoms. The highest BCUT2D eigenvalue weighted by molar-refractivity contribution is 7.12. The van der Waals surface area contributed by atoms with Gasteiger partial charge in [-0.1, -0.05) is 12.1 Å². The van der Waals surface area contributed by atoms with Crippen molar-refractivity contribution in [2.45, 2.75) is 25.8 Å². The number of hydrogen-bond acceptors (Lipinski definition) is 4. The van der Waals surface area contributed by atoms with E-state index in [1.165, 1.54) is 11.3 Å². The first kappa shape index (κ1) is 14.4. The van der Waals surface area contributed by atoms with Gasteiger partial charge >= 0.3 is 0 Å². The van der Waals surface area contributed by atoms with Crippen LogP contribution in [0.1, 0.15) is 34.5 Å². The lowest BCUT2D eigenvalue weighted by atomic mass is 10.1. The molecule has 2 rings (SSSR count). The molecule has 0 fully saturated rings. The zero-order chi connectivity index (χ0) is 14.2. The van der Waals surface area contributed by atoms with E-state index >= 15 is 0 Å². The van der Waals surface area contributed by atoms with E-state index in [1.54, 1.807) is 12.4 Å². The fourth-order valence-electron chi connectivity index (χ4n) is 1.76. The smallest absolute Gasteiger partial charge is 0.220 e. The minimum atomic E-state index is -0.0344. The molecule has 0 unspecified atom stereocenters. The summed E-state index contributed by atoms with van der Waals surface area (Å²) in [4.78, 5) is 28.1. The summed E-state index contributed by atoms with van der Waals surface area (Å²) >= 11 is 1.44. The second-order valence-electron chi connectivity index (χ2n) is 4.39. The Morgan fingerprint density at radius 1 is 1.20 bits per heavy atom. The number of Topliss-reactive ketones (excluding diaryl/α,β-unsaturated/α-hetero) is 1. The highest BCUT2D eigenvalue weighted by Crippen LogP contribution is 2.12. The lowest BCUT2D eigenvalue weighted by Gasteiger charge is -2.04. The Hall–Kier alpha value is -2.01. The molecule has 0 aliphatic carbocycles. The predicted octanol–water partition coefficient (Wildman–Crippen LogP) is 2.81. The number of thiophene rings is 1. The molecule has 1 amide bonds. The first-order valence-corrected chi connectivity index (χ1v) is 7.36. The van der Waals surface area contributed by atoms with Crippen LogP contribution in [0.5, 0.6) is 0 Å². The third kappa shape index (κ3) is 4.59. The highest BCUT2D eigenvalue weighted by Gasteiger charge is 2.08. The molecular formula is C15H16N2O2S. The number of nitrogens with one attached hydrogen (secondary N) is 1. The number of nitrogens with zero attached hydrogens (tertiary/aromatic N) is 1. The van der Waals surface area contributed by atoms with Gasteiger partial charge in [0.25, 0.3) is 0 Å². The van der Waals surface area contributed by atoms with Gasteiger partial charge in [0, 0.05) is 31.8 Å². The molecule has 0 bridgehead atoms. The van der Waals surface area contributed by atoms with Crippen molar-refractivity contribution in [1.82, 2.24) is 10.3 Å². The van der Waals surface area contributed by atoms with E-state index in [1.807, 2.05) is 29.6 Å². The van der Waals surface area contributed by atoms with Gasteiger partial charge in [-0.15, -0.1) is 11.3 Å². The van der Waals surface area contributed by atoms with Crippen LogP contribution in [0.2, 0.25) is 0 Å². The van der Waals surface area contributed by atoms with E-state index in [9.17, 15) is 9.59 Å². The predicted molar refractivity (Wildman–Crippen MR) is 78.6 cm³/mol. The molecule has 2 heterocycles. The summed E-state index contributed by atoms with van der Waals surface area (Å²) in [6.07, 6.45) is 4.79. The molecule has 5 heteroatoms. The quantitative estimate of drug-likeness (QED) is 0.797. The summed E-state index contributed by atoms with van der Waals surface area (Å²) in [6, 6.07) is 7.42. The summed E-state index contributed by atoms with van der Waals surface area (Å²) in [7, 11) is 0. The second-order valence-corrected chi connectivity index (χ2v) is 5.34. The van der Waals surface area contributed by atoms with Crippen LogP contribution in [0.15, 0.2) is 42.0 Å². The molecular weight excluding hydrogens is 272 g/mol. The maximum absolute atomic E-state index is 11.7. The Morgan fingerprint density at radius 3 is 2.80 bits per heavy atom. The number of hydrogen-bond donors (Lipinski definition) is 1. The van der Waals surface area contributed by atoms with Gasteiger partial charge in [-0.25, -0.2) is 0 Å². The number of carbonyl (C=O) groups excluding carboxylic acids is 2. The molecule has 0 aromatic carbocycles. The summed E-state index contributed by atoms with van der Waals surface area (Å²) < 4.78 is 0. The molecule has 4 nitrogen and oxygen atoms in total. The maximum atomic E-state index is 11.7. The third-order valence-corrected chi connectivity index (χ3v) is 3.73. The van der Waals surface area contributed by atoms with Crippen LogP contribution >= 0.6 is 11.3 Å². The average molecular weight is 288 g/mol. The van der Waals surface area contributed by atoms with Crippen LogP contribution in [-0.2, 0) is 11.3 Å². The second kappa shape index (κ2) is 7.55. The number of aromatic nitrogens is 1. The Balaban J connectivity index is 1.64. The lowest BCUT2D eigenvalue weighted by molar-refractivity contribution is -0.121. The van der Waals surface area contributed by atoms with Gasteiger partial charge in [0.05, 0.1) is 4.88 Å².